The van der Waals surface area contributed by atoms with Crippen molar-refractivity contribution in [1.29, 1.82) is 5.26 Å². The molecule has 2 aromatic heterocycles. The summed E-state index contributed by atoms with van der Waals surface area (Å²) < 4.78 is 21.4. The van der Waals surface area contributed by atoms with Gasteiger partial charge in [0.2, 0.25) is 11.8 Å². The van der Waals surface area contributed by atoms with E-state index < -0.39 is 11.4 Å². The van der Waals surface area contributed by atoms with Gasteiger partial charge in [0.15, 0.2) is 0 Å². The van der Waals surface area contributed by atoms with Gasteiger partial charge in [-0.05, 0) is 59.4 Å². The SMILES string of the molecule is CNC1CCC(COc2nc(Nc3cn(C(C)(C)C#N)nc3C)ncc2F)CC1. The zero-order valence-corrected chi connectivity index (χ0v) is 17.4. The molecule has 29 heavy (non-hydrogen) atoms. The third kappa shape index (κ3) is 5.01. The number of nitrogens with zero attached hydrogens (tertiary/aromatic N) is 5. The molecular formula is C20H28FN7O. The van der Waals surface area contributed by atoms with E-state index in [4.69, 9.17) is 4.74 Å². The highest BCUT2D eigenvalue weighted by atomic mass is 19.1. The summed E-state index contributed by atoms with van der Waals surface area (Å²) in [6.45, 7) is 5.80. The predicted molar refractivity (Wildman–Crippen MR) is 107 cm³/mol. The zero-order chi connectivity index (χ0) is 21.0. The molecule has 2 N–H and O–H groups in total. The van der Waals surface area contributed by atoms with Gasteiger partial charge >= 0.3 is 0 Å². The molecule has 1 aliphatic carbocycles. The molecule has 0 saturated heterocycles. The lowest BCUT2D eigenvalue weighted by Gasteiger charge is -2.27. The van der Waals surface area contributed by atoms with E-state index in [0.717, 1.165) is 31.9 Å². The van der Waals surface area contributed by atoms with E-state index in [1.165, 1.54) is 0 Å². The number of ether oxygens (including phenoxy) is 1. The molecule has 1 fully saturated rings. The molecule has 0 atom stereocenters. The second-order valence-electron chi connectivity index (χ2n) is 8.03. The van der Waals surface area contributed by atoms with Gasteiger partial charge in [-0.15, -0.1) is 0 Å². The van der Waals surface area contributed by atoms with E-state index in [2.05, 4.69) is 31.8 Å². The molecule has 8 nitrogen and oxygen atoms in total. The molecule has 0 spiro atoms. The topological polar surface area (TPSA) is 101 Å². The van der Waals surface area contributed by atoms with Gasteiger partial charge in [0, 0.05) is 6.04 Å². The maximum atomic E-state index is 14.1. The quantitative estimate of drug-likeness (QED) is 0.734. The highest BCUT2D eigenvalue weighted by Gasteiger charge is 2.23. The Balaban J connectivity index is 1.66. The second-order valence-corrected chi connectivity index (χ2v) is 8.03. The van der Waals surface area contributed by atoms with Crippen LogP contribution in [0.15, 0.2) is 12.4 Å². The third-order valence-electron chi connectivity index (χ3n) is 5.41. The van der Waals surface area contributed by atoms with Crippen LogP contribution in [0.5, 0.6) is 5.88 Å². The first kappa shape index (κ1) is 21.0. The van der Waals surface area contributed by atoms with Crippen LogP contribution in [0.1, 0.15) is 45.2 Å². The Hall–Kier alpha value is -2.73. The molecule has 156 valence electrons. The van der Waals surface area contributed by atoms with Gasteiger partial charge in [0.05, 0.1) is 36.5 Å². The van der Waals surface area contributed by atoms with Gasteiger partial charge < -0.3 is 15.4 Å². The number of rotatable bonds is 7. The number of hydrogen-bond donors (Lipinski definition) is 2. The average Bonchev–Trinajstić information content (AvgIpc) is 3.10. The number of anilines is 2. The summed E-state index contributed by atoms with van der Waals surface area (Å²) in [6, 6.07) is 2.76. The van der Waals surface area contributed by atoms with Crippen LogP contribution in [-0.2, 0) is 5.54 Å². The Labute approximate surface area is 170 Å². The van der Waals surface area contributed by atoms with Crippen molar-refractivity contribution in [2.45, 2.75) is 58.0 Å². The minimum absolute atomic E-state index is 0.0550. The van der Waals surface area contributed by atoms with Crippen LogP contribution >= 0.6 is 0 Å². The van der Waals surface area contributed by atoms with Gasteiger partial charge in [-0.3, -0.25) is 4.68 Å². The normalized spacial score (nSPS) is 19.6. The van der Waals surface area contributed by atoms with Crippen LogP contribution < -0.4 is 15.4 Å². The smallest absolute Gasteiger partial charge is 0.255 e. The van der Waals surface area contributed by atoms with Crippen molar-refractivity contribution in [2.75, 3.05) is 19.0 Å². The largest absolute Gasteiger partial charge is 0.475 e. The van der Waals surface area contributed by atoms with E-state index in [1.54, 1.807) is 24.7 Å². The molecule has 0 bridgehead atoms. The molecule has 0 aliphatic heterocycles. The lowest BCUT2D eigenvalue weighted by molar-refractivity contribution is 0.183. The fourth-order valence-corrected chi connectivity index (χ4v) is 3.37. The maximum Gasteiger partial charge on any atom is 0.255 e. The molecule has 0 aromatic carbocycles. The first-order valence-corrected chi connectivity index (χ1v) is 9.90. The minimum Gasteiger partial charge on any atom is -0.475 e. The van der Waals surface area contributed by atoms with Crippen molar-refractivity contribution in [1.82, 2.24) is 25.1 Å². The summed E-state index contributed by atoms with van der Waals surface area (Å²) in [7, 11) is 1.99. The standard InChI is InChI=1S/C20H28FN7O/c1-13-17(10-28(27-13)20(2,3)12-22)25-19-24-9-16(21)18(26-19)29-11-14-5-7-15(23-4)8-6-14/h9-10,14-15,23H,5-8,11H2,1-4H3,(H,24,25,26). The lowest BCUT2D eigenvalue weighted by atomic mass is 9.87. The Bertz CT molecular complexity index is 881. The van der Waals surface area contributed by atoms with E-state index >= 15 is 0 Å². The Kier molecular flexibility index (Phi) is 6.33. The van der Waals surface area contributed by atoms with Crippen molar-refractivity contribution >= 4 is 11.6 Å². The summed E-state index contributed by atoms with van der Waals surface area (Å²) in [5.74, 6) is -0.0186. The molecule has 0 radical (unpaired) electrons. The first-order valence-electron chi connectivity index (χ1n) is 9.90. The monoisotopic (exact) mass is 401 g/mol. The Morgan fingerprint density at radius 2 is 2.07 bits per heavy atom. The Morgan fingerprint density at radius 1 is 1.34 bits per heavy atom. The van der Waals surface area contributed by atoms with Gasteiger partial charge in [0.25, 0.3) is 5.88 Å². The fourth-order valence-electron chi connectivity index (χ4n) is 3.37. The number of nitrogens with one attached hydrogen (secondary N) is 2. The maximum absolute atomic E-state index is 14.1. The zero-order valence-electron chi connectivity index (χ0n) is 17.4. The van der Waals surface area contributed by atoms with Crippen LogP contribution in [0.2, 0.25) is 0 Å². The summed E-state index contributed by atoms with van der Waals surface area (Å²) in [4.78, 5) is 8.18. The third-order valence-corrected chi connectivity index (χ3v) is 5.41. The number of aromatic nitrogens is 4. The first-order chi connectivity index (χ1) is 13.8. The lowest BCUT2D eigenvalue weighted by Crippen LogP contribution is -2.31. The molecule has 0 amide bonds. The van der Waals surface area contributed by atoms with Gasteiger partial charge in [-0.2, -0.15) is 19.7 Å². The van der Waals surface area contributed by atoms with Crippen molar-refractivity contribution in [3.63, 3.8) is 0 Å². The molecule has 3 rings (SSSR count). The summed E-state index contributed by atoms with van der Waals surface area (Å²) in [6.07, 6.45) is 7.12. The van der Waals surface area contributed by atoms with Crippen LogP contribution in [0, 0.1) is 30.0 Å². The van der Waals surface area contributed by atoms with Gasteiger partial charge in [-0.25, -0.2) is 4.98 Å². The van der Waals surface area contributed by atoms with Crippen molar-refractivity contribution in [2.24, 2.45) is 5.92 Å². The summed E-state index contributed by atoms with van der Waals surface area (Å²) in [5, 5.41) is 20.0. The minimum atomic E-state index is -0.783. The van der Waals surface area contributed by atoms with E-state index in [1.807, 2.05) is 14.0 Å². The van der Waals surface area contributed by atoms with Crippen molar-refractivity contribution in [3.8, 4) is 11.9 Å². The van der Waals surface area contributed by atoms with Crippen LogP contribution in [0.25, 0.3) is 0 Å². The second kappa shape index (κ2) is 8.74. The number of hydrogen-bond acceptors (Lipinski definition) is 7. The number of halogens is 1. The van der Waals surface area contributed by atoms with Gasteiger partial charge in [0.1, 0.15) is 5.54 Å². The molecule has 1 saturated carbocycles. The number of nitriles is 1. The Morgan fingerprint density at radius 3 is 2.72 bits per heavy atom. The fraction of sp³-hybridized carbons (Fsp3) is 0.600. The summed E-state index contributed by atoms with van der Waals surface area (Å²) in [5.41, 5.74) is 0.552. The van der Waals surface area contributed by atoms with E-state index in [0.29, 0.717) is 29.9 Å². The van der Waals surface area contributed by atoms with Crippen LogP contribution in [0.4, 0.5) is 16.0 Å². The molecule has 2 heterocycles. The number of aryl methyl sites for hydroxylation is 1. The highest BCUT2D eigenvalue weighted by Crippen LogP contribution is 2.26. The van der Waals surface area contributed by atoms with Gasteiger partial charge in [-0.1, -0.05) is 0 Å². The molecule has 0 unspecified atom stereocenters. The molecule has 9 heteroatoms. The van der Waals surface area contributed by atoms with E-state index in [-0.39, 0.29) is 11.8 Å². The van der Waals surface area contributed by atoms with Crippen molar-refractivity contribution in [3.05, 3.63) is 23.9 Å². The molecule has 1 aliphatic rings. The molecule has 2 aromatic rings. The average molecular weight is 401 g/mol. The van der Waals surface area contributed by atoms with E-state index in [9.17, 15) is 9.65 Å². The summed E-state index contributed by atoms with van der Waals surface area (Å²) >= 11 is 0. The van der Waals surface area contributed by atoms with Crippen LogP contribution in [-0.4, -0.2) is 39.4 Å². The molecular weight excluding hydrogens is 373 g/mol. The highest BCUT2D eigenvalue weighted by molar-refractivity contribution is 5.55. The van der Waals surface area contributed by atoms with Crippen LogP contribution in [0.3, 0.4) is 0 Å². The van der Waals surface area contributed by atoms with Crippen molar-refractivity contribution < 1.29 is 9.13 Å². The predicted octanol–water partition coefficient (Wildman–Crippen LogP) is 3.28.